The van der Waals surface area contributed by atoms with Gasteiger partial charge in [-0.15, -0.1) is 11.8 Å². The molecule has 7 heavy (non-hydrogen) atoms. The van der Waals surface area contributed by atoms with Crippen LogP contribution in [-0.2, 0) is 0 Å². The molecule has 37 valence electrons. The van der Waals surface area contributed by atoms with Gasteiger partial charge in [-0.05, 0) is 18.8 Å². The molecule has 0 N–H and O–H groups in total. The van der Waals surface area contributed by atoms with Crippen molar-refractivity contribution in [1.29, 1.82) is 0 Å². The highest BCUT2D eigenvalue weighted by Crippen LogP contribution is 2.31. The van der Waals surface area contributed by atoms with Crippen LogP contribution in [0.2, 0.25) is 0 Å². The van der Waals surface area contributed by atoms with Gasteiger partial charge in [-0.25, -0.2) is 0 Å². The topological polar surface area (TPSA) is 0 Å². The van der Waals surface area contributed by atoms with Crippen LogP contribution >= 0.6 is 0 Å². The lowest BCUT2D eigenvalue weighted by molar-refractivity contribution is 0.884. The lowest BCUT2D eigenvalue weighted by Crippen LogP contribution is -1.66. The summed E-state index contributed by atoms with van der Waals surface area (Å²) in [4.78, 5) is 0. The van der Waals surface area contributed by atoms with Crippen LogP contribution < -0.4 is 0 Å². The van der Waals surface area contributed by atoms with Crippen LogP contribution in [0.25, 0.3) is 0 Å². The Morgan fingerprint density at radius 3 is 2.71 bits per heavy atom. The summed E-state index contributed by atoms with van der Waals surface area (Å²) in [5.41, 5.74) is 0. The maximum absolute atomic E-state index is 3.42. The van der Waals surface area contributed by atoms with Crippen molar-refractivity contribution in [3.05, 3.63) is 6.92 Å². The van der Waals surface area contributed by atoms with Crippen LogP contribution in [0.1, 0.15) is 19.3 Å². The van der Waals surface area contributed by atoms with E-state index in [0.717, 1.165) is 12.3 Å². The fourth-order valence-corrected chi connectivity index (χ4v) is 0.538. The van der Waals surface area contributed by atoms with Gasteiger partial charge < -0.3 is 0 Å². The summed E-state index contributed by atoms with van der Waals surface area (Å²) in [6.07, 6.45) is 3.88. The quantitative estimate of drug-likeness (QED) is 0.432. The highest BCUT2D eigenvalue weighted by Gasteiger charge is 2.18. The summed E-state index contributed by atoms with van der Waals surface area (Å²) < 4.78 is 0. The fraction of sp³-hybridized carbons (Fsp3) is 0.571. The zero-order valence-electron chi connectivity index (χ0n) is 4.41. The Bertz CT molecular complexity index is 98.9. The molecule has 0 bridgehead atoms. The Morgan fingerprint density at radius 1 is 1.57 bits per heavy atom. The zero-order chi connectivity index (χ0) is 5.11. The lowest BCUT2D eigenvalue weighted by Gasteiger charge is -1.75. The highest BCUT2D eigenvalue weighted by molar-refractivity contribution is 5.03. The molecule has 0 nitrogen and oxygen atoms in total. The first-order chi connectivity index (χ1) is 3.43. The smallest absolute Gasteiger partial charge is 0.0198 e. The maximum Gasteiger partial charge on any atom is 0.0198 e. The van der Waals surface area contributed by atoms with Gasteiger partial charge in [0.15, 0.2) is 0 Å². The largest absolute Gasteiger partial charge is 0.103 e. The average Bonchev–Trinajstić information content (AvgIpc) is 2.42. The van der Waals surface area contributed by atoms with Crippen molar-refractivity contribution in [3.8, 4) is 11.8 Å². The molecule has 0 amide bonds. The van der Waals surface area contributed by atoms with E-state index in [2.05, 4.69) is 18.8 Å². The SMILES string of the molecule is [CH2]C#CCC1CC1. The van der Waals surface area contributed by atoms with E-state index in [-0.39, 0.29) is 0 Å². The fourth-order valence-electron chi connectivity index (χ4n) is 0.538. The number of rotatable bonds is 1. The van der Waals surface area contributed by atoms with Crippen molar-refractivity contribution < 1.29 is 0 Å². The van der Waals surface area contributed by atoms with Crippen LogP contribution in [0.15, 0.2) is 0 Å². The second kappa shape index (κ2) is 2.02. The van der Waals surface area contributed by atoms with Gasteiger partial charge in [0.2, 0.25) is 0 Å². The highest BCUT2D eigenvalue weighted by atomic mass is 14.2. The molecular weight excluding hydrogens is 84.1 g/mol. The molecular formula is C7H9. The van der Waals surface area contributed by atoms with Gasteiger partial charge >= 0.3 is 0 Å². The van der Waals surface area contributed by atoms with Gasteiger partial charge in [-0.3, -0.25) is 0 Å². The standard InChI is InChI=1S/C7H9/c1-2-3-4-7-5-6-7/h7H,1,4-6H2. The van der Waals surface area contributed by atoms with Crippen molar-refractivity contribution >= 4 is 0 Å². The van der Waals surface area contributed by atoms with Gasteiger partial charge in [0.05, 0.1) is 0 Å². The number of hydrogen-bond donors (Lipinski definition) is 0. The predicted octanol–water partition coefficient (Wildman–Crippen LogP) is 1.62. The Labute approximate surface area is 44.9 Å². The van der Waals surface area contributed by atoms with Crippen LogP contribution in [0, 0.1) is 24.7 Å². The Morgan fingerprint density at radius 2 is 2.29 bits per heavy atom. The minimum absolute atomic E-state index is 0.939. The predicted molar refractivity (Wildman–Crippen MR) is 30.5 cm³/mol. The number of hydrogen-bond acceptors (Lipinski definition) is 0. The molecule has 0 aromatic carbocycles. The Kier molecular flexibility index (Phi) is 1.36. The van der Waals surface area contributed by atoms with Crippen LogP contribution in [0.4, 0.5) is 0 Å². The molecule has 0 heterocycles. The molecule has 0 unspecified atom stereocenters. The normalized spacial score (nSPS) is 17.9. The van der Waals surface area contributed by atoms with Gasteiger partial charge in [0.1, 0.15) is 0 Å². The molecule has 1 radical (unpaired) electrons. The summed E-state index contributed by atoms with van der Waals surface area (Å²) in [6, 6.07) is 0. The molecule has 1 saturated carbocycles. The van der Waals surface area contributed by atoms with E-state index in [1.165, 1.54) is 12.8 Å². The molecule has 0 aromatic heterocycles. The summed E-state index contributed by atoms with van der Waals surface area (Å²) in [5, 5.41) is 0. The Hall–Kier alpha value is -0.440. The first-order valence-electron chi connectivity index (χ1n) is 2.68. The van der Waals surface area contributed by atoms with Crippen molar-refractivity contribution in [2.45, 2.75) is 19.3 Å². The molecule has 1 fully saturated rings. The van der Waals surface area contributed by atoms with Crippen molar-refractivity contribution in [2.24, 2.45) is 5.92 Å². The second-order valence-corrected chi connectivity index (χ2v) is 2.00. The van der Waals surface area contributed by atoms with Crippen molar-refractivity contribution in [3.63, 3.8) is 0 Å². The Balaban J connectivity index is 2.05. The summed E-state index contributed by atoms with van der Waals surface area (Å²) in [6.45, 7) is 3.42. The average molecular weight is 93.1 g/mol. The third kappa shape index (κ3) is 1.64. The van der Waals surface area contributed by atoms with E-state index >= 15 is 0 Å². The monoisotopic (exact) mass is 93.1 g/mol. The summed E-state index contributed by atoms with van der Waals surface area (Å²) >= 11 is 0. The van der Waals surface area contributed by atoms with E-state index in [4.69, 9.17) is 0 Å². The van der Waals surface area contributed by atoms with Crippen LogP contribution in [0.5, 0.6) is 0 Å². The van der Waals surface area contributed by atoms with Gasteiger partial charge in [-0.1, -0.05) is 0 Å². The lowest BCUT2D eigenvalue weighted by atomic mass is 10.3. The molecule has 0 aliphatic heterocycles. The van der Waals surface area contributed by atoms with Crippen molar-refractivity contribution in [1.82, 2.24) is 0 Å². The van der Waals surface area contributed by atoms with Gasteiger partial charge in [-0.2, -0.15) is 0 Å². The molecule has 0 heteroatoms. The molecule has 1 aliphatic carbocycles. The first-order valence-corrected chi connectivity index (χ1v) is 2.68. The third-order valence-corrected chi connectivity index (χ3v) is 1.21. The van der Waals surface area contributed by atoms with E-state index in [9.17, 15) is 0 Å². The molecule has 1 rings (SSSR count). The third-order valence-electron chi connectivity index (χ3n) is 1.21. The van der Waals surface area contributed by atoms with E-state index in [1.54, 1.807) is 0 Å². The van der Waals surface area contributed by atoms with Gasteiger partial charge in [0.25, 0.3) is 0 Å². The van der Waals surface area contributed by atoms with E-state index < -0.39 is 0 Å². The maximum atomic E-state index is 3.42. The van der Waals surface area contributed by atoms with E-state index in [1.807, 2.05) is 0 Å². The van der Waals surface area contributed by atoms with Gasteiger partial charge in [0, 0.05) is 13.3 Å². The molecule has 0 aromatic rings. The molecule has 1 aliphatic rings. The van der Waals surface area contributed by atoms with Crippen molar-refractivity contribution in [2.75, 3.05) is 0 Å². The minimum Gasteiger partial charge on any atom is -0.103 e. The van der Waals surface area contributed by atoms with E-state index in [0.29, 0.717) is 0 Å². The second-order valence-electron chi connectivity index (χ2n) is 2.00. The summed E-state index contributed by atoms with van der Waals surface area (Å²) in [5.74, 6) is 6.53. The first kappa shape index (κ1) is 4.71. The molecule has 0 atom stereocenters. The van der Waals surface area contributed by atoms with Crippen LogP contribution in [0.3, 0.4) is 0 Å². The molecule has 0 spiro atoms. The zero-order valence-corrected chi connectivity index (χ0v) is 4.41. The minimum atomic E-state index is 0.939. The van der Waals surface area contributed by atoms with Crippen LogP contribution in [-0.4, -0.2) is 0 Å². The molecule has 0 saturated heterocycles. The summed E-state index contributed by atoms with van der Waals surface area (Å²) in [7, 11) is 0.